The van der Waals surface area contributed by atoms with Crippen molar-refractivity contribution in [2.75, 3.05) is 35.3 Å². The highest BCUT2D eigenvalue weighted by atomic mass is 15.3. The second-order valence-electron chi connectivity index (χ2n) is 6.40. The van der Waals surface area contributed by atoms with Crippen molar-refractivity contribution >= 4 is 28.8 Å². The highest BCUT2D eigenvalue weighted by Crippen LogP contribution is 2.24. The van der Waals surface area contributed by atoms with Gasteiger partial charge in [0.15, 0.2) is 5.82 Å². The Morgan fingerprint density at radius 1 is 0.962 bits per heavy atom. The van der Waals surface area contributed by atoms with Gasteiger partial charge in [0.25, 0.3) is 0 Å². The first-order chi connectivity index (χ1) is 12.8. The maximum Gasteiger partial charge on any atom is 0.249 e. The zero-order valence-corrected chi connectivity index (χ0v) is 14.8. The standard InChI is InChI=1S/C20H22N6/c1-25(17-7-3-2-4-8-17)19-15-21-24-20(23-19)22-16-9-11-18(12-10-16)26-13-5-6-14-26/h2-4,7-12,15H,5-6,13-14H2,1H3,(H,22,23,24). The molecule has 1 aliphatic rings. The summed E-state index contributed by atoms with van der Waals surface area (Å²) in [6.45, 7) is 2.29. The van der Waals surface area contributed by atoms with E-state index in [2.05, 4.69) is 49.7 Å². The van der Waals surface area contributed by atoms with Crippen LogP contribution in [0.5, 0.6) is 0 Å². The van der Waals surface area contributed by atoms with Crippen LogP contribution >= 0.6 is 0 Å². The van der Waals surface area contributed by atoms with E-state index in [0.29, 0.717) is 5.95 Å². The van der Waals surface area contributed by atoms with E-state index in [1.54, 1.807) is 6.20 Å². The van der Waals surface area contributed by atoms with Gasteiger partial charge in [0.05, 0.1) is 6.20 Å². The number of anilines is 5. The van der Waals surface area contributed by atoms with Crippen molar-refractivity contribution in [1.29, 1.82) is 0 Å². The summed E-state index contributed by atoms with van der Waals surface area (Å²) in [5, 5.41) is 11.4. The second kappa shape index (κ2) is 7.39. The van der Waals surface area contributed by atoms with E-state index < -0.39 is 0 Å². The topological polar surface area (TPSA) is 57.2 Å². The van der Waals surface area contributed by atoms with Gasteiger partial charge in [-0.05, 0) is 49.2 Å². The van der Waals surface area contributed by atoms with Gasteiger partial charge in [0.2, 0.25) is 5.95 Å². The predicted octanol–water partition coefficient (Wildman–Crippen LogP) is 3.98. The van der Waals surface area contributed by atoms with E-state index >= 15 is 0 Å². The maximum atomic E-state index is 4.58. The Bertz CT molecular complexity index is 844. The monoisotopic (exact) mass is 346 g/mol. The molecule has 2 heterocycles. The molecule has 132 valence electrons. The molecule has 0 aliphatic carbocycles. The highest BCUT2D eigenvalue weighted by Gasteiger charge is 2.12. The molecule has 2 aromatic carbocycles. The van der Waals surface area contributed by atoms with Gasteiger partial charge in [-0.15, -0.1) is 5.10 Å². The summed E-state index contributed by atoms with van der Waals surface area (Å²) >= 11 is 0. The van der Waals surface area contributed by atoms with E-state index in [1.807, 2.05) is 42.3 Å². The van der Waals surface area contributed by atoms with Crippen LogP contribution in [-0.2, 0) is 0 Å². The van der Waals surface area contributed by atoms with Crippen LogP contribution < -0.4 is 15.1 Å². The number of rotatable bonds is 5. The largest absolute Gasteiger partial charge is 0.372 e. The lowest BCUT2D eigenvalue weighted by Crippen LogP contribution is -2.17. The quantitative estimate of drug-likeness (QED) is 0.754. The van der Waals surface area contributed by atoms with Crippen LogP contribution in [0.15, 0.2) is 60.8 Å². The molecule has 1 N–H and O–H groups in total. The van der Waals surface area contributed by atoms with Crippen LogP contribution in [0.4, 0.5) is 28.8 Å². The van der Waals surface area contributed by atoms with Crippen LogP contribution in [0.3, 0.4) is 0 Å². The van der Waals surface area contributed by atoms with Gasteiger partial charge in [-0.3, -0.25) is 0 Å². The average molecular weight is 346 g/mol. The molecule has 0 bridgehead atoms. The Morgan fingerprint density at radius 3 is 2.42 bits per heavy atom. The molecule has 1 aliphatic heterocycles. The molecule has 0 unspecified atom stereocenters. The summed E-state index contributed by atoms with van der Waals surface area (Å²) in [4.78, 5) is 8.97. The minimum absolute atomic E-state index is 0.485. The molecule has 0 radical (unpaired) electrons. The molecule has 0 amide bonds. The van der Waals surface area contributed by atoms with Crippen molar-refractivity contribution in [1.82, 2.24) is 15.2 Å². The van der Waals surface area contributed by atoms with E-state index in [1.165, 1.54) is 18.5 Å². The van der Waals surface area contributed by atoms with Crippen LogP contribution in [0.2, 0.25) is 0 Å². The molecule has 0 saturated carbocycles. The van der Waals surface area contributed by atoms with Gasteiger partial charge in [-0.1, -0.05) is 18.2 Å². The van der Waals surface area contributed by atoms with E-state index in [4.69, 9.17) is 0 Å². The zero-order chi connectivity index (χ0) is 17.8. The fourth-order valence-electron chi connectivity index (χ4n) is 3.15. The van der Waals surface area contributed by atoms with Crippen LogP contribution in [0, 0.1) is 0 Å². The Kier molecular flexibility index (Phi) is 4.64. The molecule has 26 heavy (non-hydrogen) atoms. The van der Waals surface area contributed by atoms with Gasteiger partial charge < -0.3 is 15.1 Å². The normalized spacial score (nSPS) is 13.7. The first kappa shape index (κ1) is 16.3. The van der Waals surface area contributed by atoms with Crippen LogP contribution in [0.1, 0.15) is 12.8 Å². The van der Waals surface area contributed by atoms with Gasteiger partial charge in [-0.25, -0.2) is 0 Å². The second-order valence-corrected chi connectivity index (χ2v) is 6.40. The van der Waals surface area contributed by atoms with Crippen molar-refractivity contribution in [2.24, 2.45) is 0 Å². The minimum Gasteiger partial charge on any atom is -0.372 e. The number of hydrogen-bond donors (Lipinski definition) is 1. The van der Waals surface area contributed by atoms with Crippen molar-refractivity contribution in [3.8, 4) is 0 Å². The third-order valence-corrected chi connectivity index (χ3v) is 4.63. The third-order valence-electron chi connectivity index (χ3n) is 4.63. The Hall–Kier alpha value is -3.15. The van der Waals surface area contributed by atoms with Crippen molar-refractivity contribution in [3.63, 3.8) is 0 Å². The molecule has 6 nitrogen and oxygen atoms in total. The fraction of sp³-hybridized carbons (Fsp3) is 0.250. The van der Waals surface area contributed by atoms with Crippen LogP contribution in [-0.4, -0.2) is 35.3 Å². The number of benzene rings is 2. The summed E-state index contributed by atoms with van der Waals surface area (Å²) in [5.74, 6) is 1.22. The molecular weight excluding hydrogens is 324 g/mol. The molecule has 6 heteroatoms. The van der Waals surface area contributed by atoms with Crippen LogP contribution in [0.25, 0.3) is 0 Å². The molecule has 0 atom stereocenters. The smallest absolute Gasteiger partial charge is 0.249 e. The van der Waals surface area contributed by atoms with Gasteiger partial charge >= 0.3 is 0 Å². The minimum atomic E-state index is 0.485. The van der Waals surface area contributed by atoms with Crippen molar-refractivity contribution < 1.29 is 0 Å². The fourth-order valence-corrected chi connectivity index (χ4v) is 3.15. The molecular formula is C20H22N6. The Morgan fingerprint density at radius 2 is 1.69 bits per heavy atom. The lowest BCUT2D eigenvalue weighted by atomic mass is 10.2. The predicted molar refractivity (Wildman–Crippen MR) is 106 cm³/mol. The van der Waals surface area contributed by atoms with Crippen molar-refractivity contribution in [2.45, 2.75) is 12.8 Å². The Labute approximate surface area is 153 Å². The van der Waals surface area contributed by atoms with Gasteiger partial charge in [0.1, 0.15) is 0 Å². The summed E-state index contributed by atoms with van der Waals surface area (Å²) in [6, 6.07) is 18.5. The number of nitrogens with zero attached hydrogens (tertiary/aromatic N) is 5. The van der Waals surface area contributed by atoms with Crippen molar-refractivity contribution in [3.05, 3.63) is 60.8 Å². The number of nitrogens with one attached hydrogen (secondary N) is 1. The number of aromatic nitrogens is 3. The van der Waals surface area contributed by atoms with E-state index in [9.17, 15) is 0 Å². The van der Waals surface area contributed by atoms with E-state index in [0.717, 1.165) is 30.3 Å². The first-order valence-corrected chi connectivity index (χ1v) is 8.90. The lowest BCUT2D eigenvalue weighted by molar-refractivity contribution is 0.949. The first-order valence-electron chi connectivity index (χ1n) is 8.90. The summed E-state index contributed by atoms with van der Waals surface area (Å²) in [6.07, 6.45) is 4.22. The number of para-hydroxylation sites is 1. The third kappa shape index (κ3) is 3.59. The molecule has 4 rings (SSSR count). The molecule has 1 saturated heterocycles. The zero-order valence-electron chi connectivity index (χ0n) is 14.8. The molecule has 3 aromatic rings. The Balaban J connectivity index is 1.48. The number of hydrogen-bond acceptors (Lipinski definition) is 6. The van der Waals surface area contributed by atoms with Gasteiger partial charge in [-0.2, -0.15) is 10.1 Å². The summed E-state index contributed by atoms with van der Waals surface area (Å²) in [5.41, 5.74) is 3.27. The highest BCUT2D eigenvalue weighted by molar-refractivity contribution is 5.62. The van der Waals surface area contributed by atoms with Gasteiger partial charge in [0, 0.05) is 37.2 Å². The van der Waals surface area contributed by atoms with E-state index in [-0.39, 0.29) is 0 Å². The summed E-state index contributed by atoms with van der Waals surface area (Å²) in [7, 11) is 1.97. The SMILES string of the molecule is CN(c1ccccc1)c1cnnc(Nc2ccc(N3CCCC3)cc2)n1. The summed E-state index contributed by atoms with van der Waals surface area (Å²) < 4.78 is 0. The maximum absolute atomic E-state index is 4.58. The lowest BCUT2D eigenvalue weighted by Gasteiger charge is -2.19. The average Bonchev–Trinajstić information content (AvgIpc) is 3.24. The molecule has 1 aromatic heterocycles. The molecule has 1 fully saturated rings. The molecule has 0 spiro atoms.